The minimum atomic E-state index is -0.254. The number of aliphatic imine (C=N–C) groups is 1. The molecule has 2 unspecified atom stereocenters. The molecule has 2 fully saturated rings. The third-order valence-corrected chi connectivity index (χ3v) is 6.83. The lowest BCUT2D eigenvalue weighted by Gasteiger charge is -2.28. The summed E-state index contributed by atoms with van der Waals surface area (Å²) in [6.45, 7) is 8.84. The second-order valence-electron chi connectivity index (χ2n) is 9.23. The Morgan fingerprint density at radius 1 is 1.39 bits per heavy atom. The Kier molecular flexibility index (Phi) is 9.91. The van der Waals surface area contributed by atoms with Crippen LogP contribution in [0.25, 0.3) is 0 Å². The lowest BCUT2D eigenvalue weighted by Crippen LogP contribution is -2.37. The standard InChI is InChI=1S/C24H43N7/c1-5-13-24(3,6-2)22(26)23(27)30-21(29-16-18-15-28-17-20(18)25)12-8-7-10-19-11-9-14-31(19)4/h12,16,19,25-26,28-29H,5-11,13-15,17H2,1-4H3,(H2,27,30)/b18-16-,21-12-,25-20?,26-22?. The molecule has 0 aliphatic carbocycles. The van der Waals surface area contributed by atoms with Crippen molar-refractivity contribution in [3.8, 4) is 0 Å². The molecule has 2 aliphatic rings. The van der Waals surface area contributed by atoms with Gasteiger partial charge in [0.15, 0.2) is 0 Å². The topological polar surface area (TPSA) is 113 Å². The molecule has 2 aliphatic heterocycles. The van der Waals surface area contributed by atoms with Crippen molar-refractivity contribution >= 4 is 17.3 Å². The molecule has 0 spiro atoms. The van der Waals surface area contributed by atoms with Crippen LogP contribution in [0, 0.1) is 16.2 Å². The van der Waals surface area contributed by atoms with Gasteiger partial charge in [-0.3, -0.25) is 0 Å². The number of nitrogens with zero attached hydrogens (tertiary/aromatic N) is 2. The molecule has 2 rings (SSSR count). The number of hydrogen-bond acceptors (Lipinski definition) is 6. The molecule has 0 amide bonds. The molecule has 0 aromatic rings. The minimum Gasteiger partial charge on any atom is -0.382 e. The highest BCUT2D eigenvalue weighted by Gasteiger charge is 2.29. The number of unbranched alkanes of at least 4 members (excludes halogenated alkanes) is 1. The quantitative estimate of drug-likeness (QED) is 0.184. The van der Waals surface area contributed by atoms with Crippen molar-refractivity contribution in [2.24, 2.45) is 16.1 Å². The molecule has 2 atom stereocenters. The van der Waals surface area contributed by atoms with Crippen LogP contribution in [-0.2, 0) is 0 Å². The average Bonchev–Trinajstić information content (AvgIpc) is 3.36. The number of likely N-dealkylation sites (tertiary alicyclic amines) is 1. The Balaban J connectivity index is 2.10. The van der Waals surface area contributed by atoms with Crippen LogP contribution in [0.1, 0.15) is 72.1 Å². The predicted octanol–water partition coefficient (Wildman–Crippen LogP) is 3.78. The minimum absolute atomic E-state index is 0.254. The van der Waals surface area contributed by atoms with E-state index in [0.717, 1.165) is 37.7 Å². The lowest BCUT2D eigenvalue weighted by atomic mass is 9.78. The summed E-state index contributed by atoms with van der Waals surface area (Å²) in [6, 6.07) is 0.693. The fourth-order valence-corrected chi connectivity index (χ4v) is 4.44. The van der Waals surface area contributed by atoms with Crippen molar-refractivity contribution < 1.29 is 0 Å². The normalized spacial score (nSPS) is 24.1. The van der Waals surface area contributed by atoms with Crippen LogP contribution < -0.4 is 16.4 Å². The van der Waals surface area contributed by atoms with Crippen LogP contribution in [0.5, 0.6) is 0 Å². The zero-order valence-corrected chi connectivity index (χ0v) is 20.0. The predicted molar refractivity (Wildman–Crippen MR) is 132 cm³/mol. The molecular formula is C24H43N7. The van der Waals surface area contributed by atoms with Crippen molar-refractivity contribution in [2.75, 3.05) is 26.7 Å². The van der Waals surface area contributed by atoms with Crippen molar-refractivity contribution in [3.63, 3.8) is 0 Å². The van der Waals surface area contributed by atoms with Crippen LogP contribution >= 0.6 is 0 Å². The van der Waals surface area contributed by atoms with Crippen LogP contribution in [0.15, 0.2) is 28.7 Å². The number of rotatable bonds is 12. The molecule has 7 heteroatoms. The summed E-state index contributed by atoms with van der Waals surface area (Å²) in [4.78, 5) is 7.08. The van der Waals surface area contributed by atoms with E-state index in [1.165, 1.54) is 25.8 Å². The van der Waals surface area contributed by atoms with Gasteiger partial charge in [-0.25, -0.2) is 4.99 Å². The first-order valence-electron chi connectivity index (χ1n) is 11.9. The molecule has 2 saturated heterocycles. The summed E-state index contributed by atoms with van der Waals surface area (Å²) < 4.78 is 0. The summed E-state index contributed by atoms with van der Waals surface area (Å²) in [7, 11) is 2.22. The van der Waals surface area contributed by atoms with Crippen LogP contribution in [0.3, 0.4) is 0 Å². The molecule has 6 N–H and O–H groups in total. The first-order chi connectivity index (χ1) is 14.8. The largest absolute Gasteiger partial charge is 0.382 e. The SMILES string of the molecule is CCCC(C)(CC)C(=N)/C(N)=N/C(=C\CCCC1CCCN1C)N/C=C1/CNCC1=N. The van der Waals surface area contributed by atoms with Crippen LogP contribution in [0.4, 0.5) is 0 Å². The molecule has 2 heterocycles. The highest BCUT2D eigenvalue weighted by Crippen LogP contribution is 2.29. The molecule has 0 aromatic carbocycles. The van der Waals surface area contributed by atoms with Crippen molar-refractivity contribution in [1.29, 1.82) is 10.8 Å². The van der Waals surface area contributed by atoms with Gasteiger partial charge < -0.3 is 32.1 Å². The van der Waals surface area contributed by atoms with E-state index in [9.17, 15) is 0 Å². The van der Waals surface area contributed by atoms with E-state index in [1.54, 1.807) is 0 Å². The van der Waals surface area contributed by atoms with Gasteiger partial charge in [0.2, 0.25) is 0 Å². The Bertz CT molecular complexity index is 721. The summed E-state index contributed by atoms with van der Waals surface area (Å²) in [6.07, 6.45) is 12.5. The van der Waals surface area contributed by atoms with Crippen molar-refractivity contribution in [3.05, 3.63) is 23.7 Å². The number of nitrogens with two attached hydrogens (primary N) is 1. The molecule has 0 radical (unpaired) electrons. The summed E-state index contributed by atoms with van der Waals surface area (Å²) in [5.74, 6) is 0.953. The number of hydrogen-bond donors (Lipinski definition) is 5. The Morgan fingerprint density at radius 2 is 2.16 bits per heavy atom. The Morgan fingerprint density at radius 3 is 2.74 bits per heavy atom. The van der Waals surface area contributed by atoms with E-state index < -0.39 is 0 Å². The lowest BCUT2D eigenvalue weighted by molar-refractivity contribution is 0.292. The third-order valence-electron chi connectivity index (χ3n) is 6.83. The van der Waals surface area contributed by atoms with Crippen molar-refractivity contribution in [2.45, 2.75) is 78.2 Å². The average molecular weight is 430 g/mol. The summed E-state index contributed by atoms with van der Waals surface area (Å²) in [5.41, 5.74) is 8.01. The molecule has 7 nitrogen and oxygen atoms in total. The fraction of sp³-hybridized carbons (Fsp3) is 0.708. The zero-order valence-electron chi connectivity index (χ0n) is 20.0. The van der Waals surface area contributed by atoms with Crippen LogP contribution in [-0.4, -0.2) is 54.9 Å². The van der Waals surface area contributed by atoms with Gasteiger partial charge in [0.1, 0.15) is 11.7 Å². The van der Waals surface area contributed by atoms with Gasteiger partial charge in [-0.15, -0.1) is 0 Å². The van der Waals surface area contributed by atoms with E-state index in [4.69, 9.17) is 16.6 Å². The summed E-state index contributed by atoms with van der Waals surface area (Å²) in [5, 5.41) is 23.1. The highest BCUT2D eigenvalue weighted by atomic mass is 15.1. The number of nitrogens with one attached hydrogen (secondary N) is 4. The summed E-state index contributed by atoms with van der Waals surface area (Å²) >= 11 is 0. The van der Waals surface area contributed by atoms with Gasteiger partial charge in [-0.1, -0.05) is 27.2 Å². The van der Waals surface area contributed by atoms with E-state index in [2.05, 4.69) is 54.4 Å². The first kappa shape index (κ1) is 25.3. The van der Waals surface area contributed by atoms with E-state index >= 15 is 0 Å². The molecular weight excluding hydrogens is 386 g/mol. The maximum Gasteiger partial charge on any atom is 0.147 e. The smallest absolute Gasteiger partial charge is 0.147 e. The molecule has 0 saturated carbocycles. The van der Waals surface area contributed by atoms with Gasteiger partial charge in [0.25, 0.3) is 0 Å². The molecule has 0 aromatic heterocycles. The van der Waals surface area contributed by atoms with E-state index in [-0.39, 0.29) is 11.3 Å². The number of allylic oxidation sites excluding steroid dienone is 1. The van der Waals surface area contributed by atoms with Gasteiger partial charge in [-0.2, -0.15) is 0 Å². The van der Waals surface area contributed by atoms with Gasteiger partial charge in [0, 0.05) is 36.3 Å². The fourth-order valence-electron chi connectivity index (χ4n) is 4.44. The maximum absolute atomic E-state index is 8.65. The molecule has 174 valence electrons. The van der Waals surface area contributed by atoms with E-state index in [1.807, 2.05) is 6.20 Å². The number of amidine groups is 1. The third kappa shape index (κ3) is 7.28. The first-order valence-corrected chi connectivity index (χ1v) is 11.9. The molecule has 0 bridgehead atoms. The van der Waals surface area contributed by atoms with Gasteiger partial charge in [-0.05, 0) is 64.6 Å². The maximum atomic E-state index is 8.65. The zero-order chi connectivity index (χ0) is 22.9. The van der Waals surface area contributed by atoms with Gasteiger partial charge in [0.05, 0.1) is 11.4 Å². The Hall–Kier alpha value is -1.99. The monoisotopic (exact) mass is 429 g/mol. The second-order valence-corrected chi connectivity index (χ2v) is 9.23. The highest BCUT2D eigenvalue weighted by molar-refractivity contribution is 6.41. The van der Waals surface area contributed by atoms with Crippen LogP contribution in [0.2, 0.25) is 0 Å². The Labute approximate surface area is 188 Å². The van der Waals surface area contributed by atoms with E-state index in [0.29, 0.717) is 36.4 Å². The molecule has 31 heavy (non-hydrogen) atoms. The van der Waals surface area contributed by atoms with Crippen molar-refractivity contribution in [1.82, 2.24) is 15.5 Å². The second kappa shape index (κ2) is 12.2. The van der Waals surface area contributed by atoms with Gasteiger partial charge >= 0.3 is 0 Å².